The Balaban J connectivity index is 1.89. The SMILES string of the molecule is CCOC(=O)c1[nH]c(C)c(C(=O)CSc2nc3nc(C)cc(C(=O)OC)c3c(=O)[nH]2)c1C. The number of H-pyrrole nitrogens is 2. The number of nitrogens with zero attached hydrogens (tertiary/aromatic N) is 2. The quantitative estimate of drug-likeness (QED) is 0.236. The van der Waals surface area contributed by atoms with Crippen molar-refractivity contribution >= 4 is 40.5 Å². The molecule has 168 valence electrons. The molecular weight excluding hydrogens is 436 g/mol. The van der Waals surface area contributed by atoms with E-state index < -0.39 is 17.5 Å². The third-order valence-electron chi connectivity index (χ3n) is 4.72. The van der Waals surface area contributed by atoms with E-state index in [2.05, 4.69) is 19.9 Å². The van der Waals surface area contributed by atoms with Gasteiger partial charge in [0, 0.05) is 17.0 Å². The van der Waals surface area contributed by atoms with Gasteiger partial charge in [-0.05, 0) is 39.3 Å². The van der Waals surface area contributed by atoms with Crippen molar-refractivity contribution in [2.45, 2.75) is 32.9 Å². The maximum absolute atomic E-state index is 12.8. The lowest BCUT2D eigenvalue weighted by Crippen LogP contribution is -2.16. The normalized spacial score (nSPS) is 10.9. The molecule has 11 heteroatoms. The highest BCUT2D eigenvalue weighted by molar-refractivity contribution is 7.99. The number of hydrogen-bond donors (Lipinski definition) is 2. The van der Waals surface area contributed by atoms with Crippen LogP contribution in [0.1, 0.15) is 55.1 Å². The molecule has 0 spiro atoms. The number of Topliss-reactive ketones (excluding diaryl/α,β-unsaturated/α-hetero) is 1. The molecule has 0 aromatic carbocycles. The van der Waals surface area contributed by atoms with Gasteiger partial charge in [0.1, 0.15) is 5.69 Å². The van der Waals surface area contributed by atoms with Crippen LogP contribution in [0.2, 0.25) is 0 Å². The summed E-state index contributed by atoms with van der Waals surface area (Å²) in [5.74, 6) is -1.47. The topological polar surface area (TPSA) is 144 Å². The van der Waals surface area contributed by atoms with Crippen molar-refractivity contribution in [3.05, 3.63) is 50.2 Å². The van der Waals surface area contributed by atoms with Crippen molar-refractivity contribution in [2.75, 3.05) is 19.5 Å². The maximum atomic E-state index is 12.8. The van der Waals surface area contributed by atoms with Gasteiger partial charge in [-0.3, -0.25) is 9.59 Å². The van der Waals surface area contributed by atoms with Crippen LogP contribution in [0.5, 0.6) is 0 Å². The zero-order valence-electron chi connectivity index (χ0n) is 18.2. The highest BCUT2D eigenvalue weighted by atomic mass is 32.2. The third-order valence-corrected chi connectivity index (χ3v) is 5.60. The Morgan fingerprint density at radius 1 is 1.09 bits per heavy atom. The molecule has 0 bridgehead atoms. The number of methoxy groups -OCH3 is 1. The first-order valence-electron chi connectivity index (χ1n) is 9.70. The summed E-state index contributed by atoms with van der Waals surface area (Å²) < 4.78 is 9.74. The molecule has 0 aliphatic heterocycles. The molecule has 0 aliphatic rings. The molecule has 0 saturated heterocycles. The van der Waals surface area contributed by atoms with Crippen LogP contribution >= 0.6 is 11.8 Å². The van der Waals surface area contributed by atoms with Crippen LogP contribution in [0, 0.1) is 20.8 Å². The molecule has 3 aromatic rings. The van der Waals surface area contributed by atoms with E-state index in [1.165, 1.54) is 13.2 Å². The molecule has 0 fully saturated rings. The van der Waals surface area contributed by atoms with Crippen molar-refractivity contribution in [1.82, 2.24) is 19.9 Å². The number of ketones is 1. The first kappa shape index (κ1) is 23.2. The van der Waals surface area contributed by atoms with Crippen molar-refractivity contribution < 1.29 is 23.9 Å². The molecule has 32 heavy (non-hydrogen) atoms. The second-order valence-electron chi connectivity index (χ2n) is 6.93. The molecule has 0 radical (unpaired) electrons. The van der Waals surface area contributed by atoms with Crippen LogP contribution < -0.4 is 5.56 Å². The van der Waals surface area contributed by atoms with Gasteiger partial charge in [0.15, 0.2) is 16.6 Å². The zero-order valence-corrected chi connectivity index (χ0v) is 19.1. The summed E-state index contributed by atoms with van der Waals surface area (Å²) in [5, 5.41) is 0.204. The number of carbonyl (C=O) groups is 3. The fraction of sp³-hybridized carbons (Fsp3) is 0.333. The standard InChI is InChI=1S/C21H22N4O6S/c1-6-31-20(29)16-10(3)14(11(4)23-16)13(26)8-32-21-24-17-15(18(27)25-21)12(19(28)30-5)7-9(2)22-17/h7,23H,6,8H2,1-5H3,(H,22,24,25,27). The van der Waals surface area contributed by atoms with Crippen molar-refractivity contribution in [3.8, 4) is 0 Å². The Morgan fingerprint density at radius 2 is 1.81 bits per heavy atom. The van der Waals surface area contributed by atoms with Crippen LogP contribution in [0.4, 0.5) is 0 Å². The molecule has 0 unspecified atom stereocenters. The zero-order chi connectivity index (χ0) is 23.6. The summed E-state index contributed by atoms with van der Waals surface area (Å²) in [7, 11) is 1.22. The number of rotatable bonds is 7. The van der Waals surface area contributed by atoms with Gasteiger partial charge in [0.2, 0.25) is 0 Å². The van der Waals surface area contributed by atoms with Crippen LogP contribution in [0.15, 0.2) is 16.0 Å². The lowest BCUT2D eigenvalue weighted by Gasteiger charge is -2.07. The number of hydrogen-bond acceptors (Lipinski definition) is 9. The summed E-state index contributed by atoms with van der Waals surface area (Å²) in [6.07, 6.45) is 0. The Hall–Kier alpha value is -3.47. The van der Waals surface area contributed by atoms with Crippen molar-refractivity contribution in [3.63, 3.8) is 0 Å². The summed E-state index contributed by atoms with van der Waals surface area (Å²) in [6, 6.07) is 1.46. The second kappa shape index (κ2) is 9.35. The Morgan fingerprint density at radius 3 is 2.47 bits per heavy atom. The highest BCUT2D eigenvalue weighted by Crippen LogP contribution is 2.23. The average molecular weight is 458 g/mol. The largest absolute Gasteiger partial charge is 0.465 e. The number of carbonyl (C=O) groups excluding carboxylic acids is 3. The summed E-state index contributed by atoms with van der Waals surface area (Å²) in [6.45, 7) is 6.97. The minimum Gasteiger partial charge on any atom is -0.465 e. The predicted molar refractivity (Wildman–Crippen MR) is 118 cm³/mol. The Kier molecular flexibility index (Phi) is 6.78. The molecule has 3 heterocycles. The second-order valence-corrected chi connectivity index (χ2v) is 7.89. The number of pyridine rings is 1. The molecule has 0 aliphatic carbocycles. The third kappa shape index (κ3) is 4.42. The summed E-state index contributed by atoms with van der Waals surface area (Å²) in [4.78, 5) is 63.6. The number of fused-ring (bicyclic) bond motifs is 1. The number of thioether (sulfide) groups is 1. The fourth-order valence-electron chi connectivity index (χ4n) is 3.37. The number of aromatic amines is 2. The molecule has 10 nitrogen and oxygen atoms in total. The van der Waals surface area contributed by atoms with Crippen molar-refractivity contribution in [1.29, 1.82) is 0 Å². The van der Waals surface area contributed by atoms with Crippen LogP contribution in [-0.4, -0.2) is 57.1 Å². The molecule has 0 amide bonds. The molecular formula is C21H22N4O6S. The van der Waals surface area contributed by atoms with E-state index in [4.69, 9.17) is 9.47 Å². The Bertz CT molecular complexity index is 1290. The van der Waals surface area contributed by atoms with E-state index in [-0.39, 0.29) is 45.6 Å². The molecule has 2 N–H and O–H groups in total. The number of nitrogens with one attached hydrogen (secondary N) is 2. The van der Waals surface area contributed by atoms with E-state index >= 15 is 0 Å². The van der Waals surface area contributed by atoms with E-state index in [9.17, 15) is 19.2 Å². The van der Waals surface area contributed by atoms with Crippen LogP contribution in [0.25, 0.3) is 11.0 Å². The predicted octanol–water partition coefficient (Wildman–Crippen LogP) is 2.51. The highest BCUT2D eigenvalue weighted by Gasteiger charge is 2.23. The molecule has 3 rings (SSSR count). The smallest absolute Gasteiger partial charge is 0.355 e. The number of esters is 2. The van der Waals surface area contributed by atoms with Gasteiger partial charge in [-0.1, -0.05) is 11.8 Å². The van der Waals surface area contributed by atoms with E-state index in [0.717, 1.165) is 11.8 Å². The number of aromatic nitrogens is 4. The average Bonchev–Trinajstić information content (AvgIpc) is 3.04. The van der Waals surface area contributed by atoms with Gasteiger partial charge < -0.3 is 19.4 Å². The molecule has 3 aromatic heterocycles. The van der Waals surface area contributed by atoms with Crippen LogP contribution in [-0.2, 0) is 9.47 Å². The fourth-order valence-corrected chi connectivity index (χ4v) is 4.09. The first-order chi connectivity index (χ1) is 15.2. The number of ether oxygens (including phenoxy) is 2. The van der Waals surface area contributed by atoms with Crippen molar-refractivity contribution in [2.24, 2.45) is 0 Å². The summed E-state index contributed by atoms with van der Waals surface area (Å²) in [5.41, 5.74) is 1.78. The lowest BCUT2D eigenvalue weighted by atomic mass is 10.1. The van der Waals surface area contributed by atoms with Gasteiger partial charge in [0.05, 0.1) is 30.4 Å². The van der Waals surface area contributed by atoms with E-state index in [0.29, 0.717) is 22.5 Å². The van der Waals surface area contributed by atoms with Crippen LogP contribution in [0.3, 0.4) is 0 Å². The minimum atomic E-state index is -0.667. The van der Waals surface area contributed by atoms with Gasteiger partial charge in [-0.2, -0.15) is 0 Å². The molecule has 0 atom stereocenters. The van der Waals surface area contributed by atoms with Gasteiger partial charge in [-0.25, -0.2) is 19.6 Å². The first-order valence-corrected chi connectivity index (χ1v) is 10.7. The maximum Gasteiger partial charge on any atom is 0.355 e. The van der Waals surface area contributed by atoms with E-state index in [1.807, 2.05) is 0 Å². The summed E-state index contributed by atoms with van der Waals surface area (Å²) >= 11 is 1.02. The molecule has 0 saturated carbocycles. The Labute approximate surface area is 187 Å². The monoisotopic (exact) mass is 458 g/mol. The number of aryl methyl sites for hydroxylation is 2. The minimum absolute atomic E-state index is 0.0227. The van der Waals surface area contributed by atoms with Gasteiger partial charge in [0.25, 0.3) is 5.56 Å². The lowest BCUT2D eigenvalue weighted by molar-refractivity contribution is 0.0518. The van der Waals surface area contributed by atoms with E-state index in [1.54, 1.807) is 27.7 Å². The van der Waals surface area contributed by atoms with Gasteiger partial charge in [-0.15, -0.1) is 0 Å². The van der Waals surface area contributed by atoms with Gasteiger partial charge >= 0.3 is 11.9 Å².